The summed E-state index contributed by atoms with van der Waals surface area (Å²) in [5.74, 6) is -1.81. The van der Waals surface area contributed by atoms with E-state index < -0.39 is 27.2 Å². The zero-order valence-electron chi connectivity index (χ0n) is 17.7. The minimum atomic E-state index is -3.57. The van der Waals surface area contributed by atoms with Gasteiger partial charge in [-0.25, -0.2) is 13.8 Å². The second-order valence-corrected chi connectivity index (χ2v) is 9.35. The van der Waals surface area contributed by atoms with Crippen molar-refractivity contribution in [2.24, 2.45) is 5.92 Å². The quantitative estimate of drug-likeness (QED) is 0.209. The molecule has 8 nitrogen and oxygen atoms in total. The van der Waals surface area contributed by atoms with E-state index >= 15 is 0 Å². The summed E-state index contributed by atoms with van der Waals surface area (Å²) in [6.07, 6.45) is 3.65. The normalized spacial score (nSPS) is 16.4. The highest BCUT2D eigenvalue weighted by Crippen LogP contribution is 2.23. The van der Waals surface area contributed by atoms with Gasteiger partial charge in [0.15, 0.2) is 0 Å². The molecule has 0 radical (unpaired) electrons. The second-order valence-electron chi connectivity index (χ2n) is 7.25. The smallest absolute Gasteiger partial charge is 0.323 e. The van der Waals surface area contributed by atoms with Gasteiger partial charge in [0.05, 0.1) is 5.25 Å². The van der Waals surface area contributed by atoms with Crippen molar-refractivity contribution in [3.05, 3.63) is 35.9 Å². The van der Waals surface area contributed by atoms with E-state index in [0.29, 0.717) is 12.2 Å². The molecule has 1 unspecified atom stereocenters. The van der Waals surface area contributed by atoms with E-state index in [4.69, 9.17) is 4.74 Å². The van der Waals surface area contributed by atoms with E-state index in [1.807, 2.05) is 12.1 Å². The van der Waals surface area contributed by atoms with Gasteiger partial charge in [0, 0.05) is 19.5 Å². The highest BCUT2D eigenvalue weighted by Gasteiger charge is 2.28. The van der Waals surface area contributed by atoms with Crippen molar-refractivity contribution in [3.8, 4) is 5.75 Å². The first-order chi connectivity index (χ1) is 14.3. The SMILES string of the molecule is CCC(=O)C(CNNS(=O)(=O)[C@@H](C)CC)C(=O)Oc1ccc(C2=CCNCC2)cc1. The molecule has 30 heavy (non-hydrogen) atoms. The monoisotopic (exact) mass is 437 g/mol. The number of benzene rings is 1. The van der Waals surface area contributed by atoms with E-state index in [2.05, 4.69) is 21.6 Å². The zero-order chi connectivity index (χ0) is 22.1. The van der Waals surface area contributed by atoms with Gasteiger partial charge >= 0.3 is 5.97 Å². The predicted molar refractivity (Wildman–Crippen MR) is 116 cm³/mol. The highest BCUT2D eigenvalue weighted by atomic mass is 32.2. The Hall–Kier alpha value is -2.07. The summed E-state index contributed by atoms with van der Waals surface area (Å²) >= 11 is 0. The summed E-state index contributed by atoms with van der Waals surface area (Å²) in [5, 5.41) is 2.67. The average molecular weight is 438 g/mol. The number of hydrazine groups is 1. The summed E-state index contributed by atoms with van der Waals surface area (Å²) in [6, 6.07) is 7.16. The van der Waals surface area contributed by atoms with Crippen LogP contribution >= 0.6 is 0 Å². The molecule has 0 amide bonds. The zero-order valence-corrected chi connectivity index (χ0v) is 18.6. The third-order valence-corrected chi connectivity index (χ3v) is 6.98. The van der Waals surface area contributed by atoms with Gasteiger partial charge in [-0.1, -0.05) is 32.1 Å². The lowest BCUT2D eigenvalue weighted by Gasteiger charge is -2.17. The molecule has 1 aliphatic heterocycles. The second kappa shape index (κ2) is 11.4. The molecule has 0 fully saturated rings. The predicted octanol–water partition coefficient (Wildman–Crippen LogP) is 1.79. The molecule has 0 saturated carbocycles. The van der Waals surface area contributed by atoms with Crippen LogP contribution in [0.2, 0.25) is 0 Å². The summed E-state index contributed by atoms with van der Waals surface area (Å²) in [7, 11) is -3.57. The molecule has 1 aromatic rings. The van der Waals surface area contributed by atoms with Gasteiger partial charge in [-0.15, -0.1) is 0 Å². The molecular formula is C21H31N3O5S. The molecule has 0 spiro atoms. The van der Waals surface area contributed by atoms with Gasteiger partial charge in [-0.05, 0) is 49.6 Å². The minimum Gasteiger partial charge on any atom is -0.426 e. The number of carbonyl (C=O) groups excluding carboxylic acids is 2. The molecule has 1 aromatic carbocycles. The molecule has 9 heteroatoms. The van der Waals surface area contributed by atoms with E-state index in [0.717, 1.165) is 25.1 Å². The first-order valence-corrected chi connectivity index (χ1v) is 11.8. The third-order valence-electron chi connectivity index (χ3n) is 5.15. The Morgan fingerprint density at radius 1 is 1.20 bits per heavy atom. The fourth-order valence-electron chi connectivity index (χ4n) is 2.95. The lowest BCUT2D eigenvalue weighted by atomic mass is 10.0. The Kier molecular flexibility index (Phi) is 9.16. The maximum atomic E-state index is 12.6. The van der Waals surface area contributed by atoms with E-state index in [-0.39, 0.29) is 18.7 Å². The van der Waals surface area contributed by atoms with Crippen LogP contribution in [0.4, 0.5) is 0 Å². The molecule has 2 rings (SSSR count). The third kappa shape index (κ3) is 6.73. The Labute approximate surface area is 178 Å². The number of esters is 1. The average Bonchev–Trinajstić information content (AvgIpc) is 2.76. The van der Waals surface area contributed by atoms with Crippen LogP contribution in [0, 0.1) is 5.92 Å². The summed E-state index contributed by atoms with van der Waals surface area (Å²) in [4.78, 5) is 27.0. The highest BCUT2D eigenvalue weighted by molar-refractivity contribution is 7.90. The van der Waals surface area contributed by atoms with Gasteiger partial charge in [0.2, 0.25) is 10.0 Å². The number of hydrogen-bond acceptors (Lipinski definition) is 7. The van der Waals surface area contributed by atoms with Crippen molar-refractivity contribution in [1.82, 2.24) is 15.6 Å². The largest absolute Gasteiger partial charge is 0.426 e. The first-order valence-electron chi connectivity index (χ1n) is 10.3. The molecule has 1 heterocycles. The molecule has 3 N–H and O–H groups in total. The van der Waals surface area contributed by atoms with Crippen molar-refractivity contribution in [1.29, 1.82) is 0 Å². The Morgan fingerprint density at radius 2 is 1.90 bits per heavy atom. The van der Waals surface area contributed by atoms with E-state index in [9.17, 15) is 18.0 Å². The van der Waals surface area contributed by atoms with Crippen LogP contribution in [-0.2, 0) is 19.6 Å². The van der Waals surface area contributed by atoms with Gasteiger partial charge in [-0.3, -0.25) is 9.59 Å². The number of ether oxygens (including phenoxy) is 1. The summed E-state index contributed by atoms with van der Waals surface area (Å²) < 4.78 is 29.4. The van der Waals surface area contributed by atoms with Crippen LogP contribution in [0.3, 0.4) is 0 Å². The van der Waals surface area contributed by atoms with Crippen molar-refractivity contribution in [3.63, 3.8) is 0 Å². The summed E-state index contributed by atoms with van der Waals surface area (Å²) in [6.45, 7) is 6.57. The molecule has 0 bridgehead atoms. The molecule has 0 aromatic heterocycles. The topological polar surface area (TPSA) is 114 Å². The van der Waals surface area contributed by atoms with Crippen LogP contribution in [0.25, 0.3) is 5.57 Å². The van der Waals surface area contributed by atoms with Gasteiger partial charge in [0.25, 0.3) is 0 Å². The fraction of sp³-hybridized carbons (Fsp3) is 0.524. The maximum Gasteiger partial charge on any atom is 0.323 e. The van der Waals surface area contributed by atoms with Crippen LogP contribution in [0.1, 0.15) is 45.6 Å². The van der Waals surface area contributed by atoms with E-state index in [1.54, 1.807) is 32.9 Å². The maximum absolute atomic E-state index is 12.6. The fourth-order valence-corrected chi connectivity index (χ4v) is 3.87. The standard InChI is InChI=1S/C21H31N3O5S/c1-4-15(3)30(27,28)24-23-14-19(20(25)5-2)21(26)29-18-8-6-16(7-9-18)17-10-12-22-13-11-17/h6-10,15,19,22-24H,4-5,11-14H2,1-3H3/t15-,19?/m0/s1. The van der Waals surface area contributed by atoms with Gasteiger partial charge in [-0.2, -0.15) is 4.83 Å². The number of nitrogens with one attached hydrogen (secondary N) is 3. The number of Topliss-reactive ketones (excluding diaryl/α,β-unsaturated/α-hetero) is 1. The lowest BCUT2D eigenvalue weighted by Crippen LogP contribution is -2.47. The van der Waals surface area contributed by atoms with Gasteiger partial charge < -0.3 is 10.1 Å². The summed E-state index contributed by atoms with van der Waals surface area (Å²) in [5.41, 5.74) is 4.81. The lowest BCUT2D eigenvalue weighted by molar-refractivity contribution is -0.143. The minimum absolute atomic E-state index is 0.140. The Balaban J connectivity index is 1.99. The van der Waals surface area contributed by atoms with Crippen LogP contribution in [0.5, 0.6) is 5.75 Å². The van der Waals surface area contributed by atoms with Crippen LogP contribution in [-0.4, -0.2) is 45.1 Å². The Morgan fingerprint density at radius 3 is 2.47 bits per heavy atom. The number of ketones is 1. The van der Waals surface area contributed by atoms with Crippen molar-refractivity contribution in [2.75, 3.05) is 19.6 Å². The Bertz CT molecular complexity index is 865. The molecule has 1 aliphatic rings. The molecule has 166 valence electrons. The van der Waals surface area contributed by atoms with Crippen LogP contribution in [0.15, 0.2) is 30.3 Å². The number of rotatable bonds is 11. The van der Waals surface area contributed by atoms with Crippen molar-refractivity contribution < 1.29 is 22.7 Å². The number of hydrogen-bond donors (Lipinski definition) is 3. The van der Waals surface area contributed by atoms with E-state index in [1.165, 1.54) is 5.57 Å². The molecular weight excluding hydrogens is 406 g/mol. The van der Waals surface area contributed by atoms with Gasteiger partial charge in [0.1, 0.15) is 17.5 Å². The molecule has 0 saturated heterocycles. The van der Waals surface area contributed by atoms with Crippen molar-refractivity contribution in [2.45, 2.75) is 45.3 Å². The van der Waals surface area contributed by atoms with Crippen LogP contribution < -0.4 is 20.3 Å². The van der Waals surface area contributed by atoms with Crippen molar-refractivity contribution >= 4 is 27.3 Å². The first kappa shape index (κ1) is 24.2. The number of sulfonamides is 1. The molecule has 0 aliphatic carbocycles. The molecule has 2 atom stereocenters. The number of carbonyl (C=O) groups is 2.